The van der Waals surface area contributed by atoms with E-state index in [1.807, 2.05) is 36.7 Å². The van der Waals surface area contributed by atoms with Crippen molar-refractivity contribution in [3.63, 3.8) is 0 Å². The number of nitrogens with one attached hydrogen (secondary N) is 2. The number of carbonyl (C=O) groups excluding carboxylic acids is 1. The van der Waals surface area contributed by atoms with Crippen molar-refractivity contribution in [1.82, 2.24) is 15.1 Å². The number of anilines is 2. The average molecular weight is 475 g/mol. The molecule has 1 saturated carbocycles. The van der Waals surface area contributed by atoms with Crippen molar-refractivity contribution in [3.8, 4) is 0 Å². The molecule has 180 valence electrons. The Hall–Kier alpha value is -2.55. The first kappa shape index (κ1) is 23.6. The zero-order valence-electron chi connectivity index (χ0n) is 20.0. The van der Waals surface area contributed by atoms with Gasteiger partial charge in [-0.05, 0) is 71.1 Å². The van der Waals surface area contributed by atoms with Crippen LogP contribution in [0.25, 0.3) is 0 Å². The second-order valence-corrected chi connectivity index (χ2v) is 12.5. The summed E-state index contributed by atoms with van der Waals surface area (Å²) >= 11 is 0. The molecule has 2 atom stereocenters. The van der Waals surface area contributed by atoms with Gasteiger partial charge >= 0.3 is 6.09 Å². The smallest absolute Gasteiger partial charge is 0.407 e. The Bertz CT molecular complexity index is 1150. The van der Waals surface area contributed by atoms with Gasteiger partial charge in [-0.1, -0.05) is 12.1 Å². The molecule has 0 saturated heterocycles. The monoisotopic (exact) mass is 474 g/mol. The van der Waals surface area contributed by atoms with Gasteiger partial charge in [-0.2, -0.15) is 5.10 Å². The summed E-state index contributed by atoms with van der Waals surface area (Å²) in [5, 5.41) is 11.2. The lowest BCUT2D eigenvalue weighted by Crippen LogP contribution is -2.33. The van der Waals surface area contributed by atoms with Crippen LogP contribution in [0.2, 0.25) is 0 Å². The first-order valence-corrected chi connectivity index (χ1v) is 13.4. The average Bonchev–Trinajstić information content (AvgIpc) is 3.36. The molecule has 2 N–H and O–H groups in total. The molecule has 9 heteroatoms. The number of rotatable bonds is 5. The van der Waals surface area contributed by atoms with Crippen LogP contribution >= 0.6 is 0 Å². The Morgan fingerprint density at radius 3 is 2.67 bits per heavy atom. The van der Waals surface area contributed by atoms with Crippen molar-refractivity contribution in [2.45, 2.75) is 89.0 Å². The van der Waals surface area contributed by atoms with Gasteiger partial charge in [0.2, 0.25) is 0 Å². The summed E-state index contributed by atoms with van der Waals surface area (Å²) in [6.07, 6.45) is 1.97. The molecule has 2 heterocycles. The molecule has 0 spiro atoms. The van der Waals surface area contributed by atoms with Gasteiger partial charge in [0, 0.05) is 23.7 Å². The lowest BCUT2D eigenvalue weighted by Gasteiger charge is -2.23. The van der Waals surface area contributed by atoms with Gasteiger partial charge in [0.1, 0.15) is 11.9 Å². The Balaban J connectivity index is 1.55. The van der Waals surface area contributed by atoms with Crippen molar-refractivity contribution in [1.29, 1.82) is 0 Å². The number of amides is 1. The first-order valence-electron chi connectivity index (χ1n) is 11.6. The van der Waals surface area contributed by atoms with Crippen molar-refractivity contribution in [3.05, 3.63) is 41.1 Å². The fraction of sp³-hybridized carbons (Fsp3) is 0.583. The van der Waals surface area contributed by atoms with Crippen LogP contribution in [-0.4, -0.2) is 36.4 Å². The van der Waals surface area contributed by atoms with E-state index >= 15 is 0 Å². The molecular formula is C24H34N4O4S. The third kappa shape index (κ3) is 5.34. The van der Waals surface area contributed by atoms with Crippen LogP contribution in [0, 0.1) is 0 Å². The number of nitrogens with zero attached hydrogens (tertiary/aromatic N) is 2. The molecular weight excluding hydrogens is 440 g/mol. The summed E-state index contributed by atoms with van der Waals surface area (Å²) in [5.74, 6) is 1.18. The Kier molecular flexibility index (Phi) is 6.20. The molecule has 2 aromatic rings. The number of aromatic nitrogens is 2. The normalized spacial score (nSPS) is 21.8. The third-order valence-corrected chi connectivity index (χ3v) is 7.60. The number of benzene rings is 1. The number of fused-ring (bicyclic) bond motifs is 1. The minimum Gasteiger partial charge on any atom is -0.446 e. The Labute approximate surface area is 196 Å². The summed E-state index contributed by atoms with van der Waals surface area (Å²) in [4.78, 5) is 12.0. The van der Waals surface area contributed by atoms with E-state index in [2.05, 4.69) is 37.5 Å². The molecule has 1 aromatic heterocycles. The molecule has 0 radical (unpaired) electrons. The van der Waals surface area contributed by atoms with E-state index in [4.69, 9.17) is 9.84 Å². The molecule has 1 aliphatic carbocycles. The lowest BCUT2D eigenvalue weighted by atomic mass is 10.0. The van der Waals surface area contributed by atoms with Crippen molar-refractivity contribution in [2.75, 3.05) is 5.32 Å². The molecule has 0 unspecified atom stereocenters. The number of alkyl carbamates (subject to hydrolysis) is 1. The zero-order valence-corrected chi connectivity index (χ0v) is 20.8. The highest BCUT2D eigenvalue weighted by Crippen LogP contribution is 2.39. The van der Waals surface area contributed by atoms with Gasteiger partial charge in [0.05, 0.1) is 22.7 Å². The largest absolute Gasteiger partial charge is 0.446 e. The molecule has 1 aromatic carbocycles. The van der Waals surface area contributed by atoms with E-state index in [1.165, 1.54) is 0 Å². The predicted molar refractivity (Wildman–Crippen MR) is 128 cm³/mol. The van der Waals surface area contributed by atoms with Crippen molar-refractivity contribution in [2.24, 2.45) is 0 Å². The topological polar surface area (TPSA) is 102 Å². The van der Waals surface area contributed by atoms with Crippen molar-refractivity contribution < 1.29 is 17.9 Å². The van der Waals surface area contributed by atoms with Crippen LogP contribution in [-0.2, 0) is 31.6 Å². The molecule has 1 fully saturated rings. The molecule has 8 nitrogen and oxygen atoms in total. The van der Waals surface area contributed by atoms with Crippen LogP contribution in [0.1, 0.15) is 76.6 Å². The first-order chi connectivity index (χ1) is 15.4. The Morgan fingerprint density at radius 2 is 1.97 bits per heavy atom. The maximum atomic E-state index is 12.2. The number of carbonyl (C=O) groups is 1. The van der Waals surface area contributed by atoms with E-state index in [0.717, 1.165) is 47.6 Å². The van der Waals surface area contributed by atoms with Crippen LogP contribution in [0.15, 0.2) is 24.3 Å². The molecule has 4 rings (SSSR count). The van der Waals surface area contributed by atoms with Gasteiger partial charge in [-0.15, -0.1) is 0 Å². The maximum absolute atomic E-state index is 12.2. The van der Waals surface area contributed by atoms with E-state index in [9.17, 15) is 13.2 Å². The third-order valence-electron chi connectivity index (χ3n) is 6.12. The predicted octanol–water partition coefficient (Wildman–Crippen LogP) is 4.58. The molecule has 0 bridgehead atoms. The lowest BCUT2D eigenvalue weighted by molar-refractivity contribution is 0.0981. The standard InChI is InChI=1S/C24H34N4O4S/c1-15(2)25-23(29)32-18-10-9-16(11-18)21-12-22(28(27-21)24(3,4)5)26-20-8-6-7-17-13-33(30,31)14-19(17)20/h6-8,12,15-16,18,26H,9-11,13-14H2,1-5H3,(H,25,29)/t16-,18+/m0/s1. The van der Waals surface area contributed by atoms with Crippen molar-refractivity contribution >= 4 is 27.4 Å². The number of hydrogen-bond donors (Lipinski definition) is 2. The van der Waals surface area contributed by atoms with E-state index in [1.54, 1.807) is 0 Å². The summed E-state index contributed by atoms with van der Waals surface area (Å²) in [7, 11) is -3.10. The molecule has 33 heavy (non-hydrogen) atoms. The summed E-state index contributed by atoms with van der Waals surface area (Å²) in [6, 6.07) is 7.79. The maximum Gasteiger partial charge on any atom is 0.407 e. The highest BCUT2D eigenvalue weighted by atomic mass is 32.2. The van der Waals surface area contributed by atoms with Gasteiger partial charge in [0.25, 0.3) is 0 Å². The fourth-order valence-electron chi connectivity index (χ4n) is 4.64. The molecule has 2 aliphatic rings. The van der Waals surface area contributed by atoms with E-state index in [-0.39, 0.29) is 41.2 Å². The fourth-order valence-corrected chi connectivity index (χ4v) is 6.27. The van der Waals surface area contributed by atoms with E-state index < -0.39 is 9.84 Å². The highest BCUT2D eigenvalue weighted by molar-refractivity contribution is 7.90. The highest BCUT2D eigenvalue weighted by Gasteiger charge is 2.33. The minimum absolute atomic E-state index is 0.0419. The minimum atomic E-state index is -3.10. The van der Waals surface area contributed by atoms with Crippen LogP contribution < -0.4 is 10.6 Å². The van der Waals surface area contributed by atoms with Gasteiger partial charge in [0.15, 0.2) is 9.84 Å². The van der Waals surface area contributed by atoms with E-state index in [0.29, 0.717) is 0 Å². The second-order valence-electron chi connectivity index (χ2n) is 10.5. The molecule has 1 amide bonds. The Morgan fingerprint density at radius 1 is 1.21 bits per heavy atom. The van der Waals surface area contributed by atoms with Crippen LogP contribution in [0.5, 0.6) is 0 Å². The second kappa shape index (κ2) is 8.66. The number of ether oxygens (including phenoxy) is 1. The number of sulfone groups is 1. The molecule has 1 aliphatic heterocycles. The van der Waals surface area contributed by atoms with Gasteiger partial charge < -0.3 is 15.4 Å². The summed E-state index contributed by atoms with van der Waals surface area (Å²) in [5.41, 5.74) is 3.20. The van der Waals surface area contributed by atoms with Crippen LogP contribution in [0.4, 0.5) is 16.3 Å². The van der Waals surface area contributed by atoms with Gasteiger partial charge in [-0.25, -0.2) is 17.9 Å². The quantitative estimate of drug-likeness (QED) is 0.658. The van der Waals surface area contributed by atoms with Gasteiger partial charge in [-0.3, -0.25) is 0 Å². The van der Waals surface area contributed by atoms with Crippen LogP contribution in [0.3, 0.4) is 0 Å². The SMILES string of the molecule is CC(C)NC(=O)O[C@@H]1CC[C@H](c2cc(Nc3cccc4c3CS(=O)(=O)C4)n(C(C)(C)C)n2)C1. The zero-order chi connectivity index (χ0) is 24.0. The number of hydrogen-bond acceptors (Lipinski definition) is 6. The summed E-state index contributed by atoms with van der Waals surface area (Å²) in [6.45, 7) is 10.1. The summed E-state index contributed by atoms with van der Waals surface area (Å²) < 4.78 is 31.9.